The summed E-state index contributed by atoms with van der Waals surface area (Å²) in [6, 6.07) is 3.49. The fourth-order valence-corrected chi connectivity index (χ4v) is 3.04. The molecule has 0 radical (unpaired) electrons. The van der Waals surface area contributed by atoms with Crippen molar-refractivity contribution in [3.05, 3.63) is 18.3 Å². The second kappa shape index (κ2) is 6.52. The van der Waals surface area contributed by atoms with Crippen LogP contribution in [0.4, 0.5) is 10.5 Å². The van der Waals surface area contributed by atoms with Crippen molar-refractivity contribution in [3.63, 3.8) is 0 Å². The summed E-state index contributed by atoms with van der Waals surface area (Å²) in [6.45, 7) is 5.29. The number of amides is 2. The van der Waals surface area contributed by atoms with Gasteiger partial charge in [-0.25, -0.2) is 9.78 Å². The number of hydrogen-bond acceptors (Lipinski definition) is 4. The molecular formula is C16H23N3O3. The highest BCUT2D eigenvalue weighted by molar-refractivity contribution is 5.89. The summed E-state index contributed by atoms with van der Waals surface area (Å²) >= 11 is 0. The van der Waals surface area contributed by atoms with Crippen LogP contribution in [0.2, 0.25) is 0 Å². The van der Waals surface area contributed by atoms with Gasteiger partial charge in [-0.1, -0.05) is 6.42 Å². The van der Waals surface area contributed by atoms with E-state index in [-0.39, 0.29) is 11.4 Å². The smallest absolute Gasteiger partial charge is 0.321 e. The van der Waals surface area contributed by atoms with Crippen molar-refractivity contribution in [2.45, 2.75) is 26.2 Å². The van der Waals surface area contributed by atoms with Crippen molar-refractivity contribution in [2.24, 2.45) is 5.41 Å². The molecule has 1 aliphatic heterocycles. The molecule has 2 fully saturated rings. The first-order chi connectivity index (χ1) is 10.7. The van der Waals surface area contributed by atoms with Gasteiger partial charge in [0.05, 0.1) is 31.7 Å². The molecule has 2 heterocycles. The SMILES string of the molecule is CCOc1ccc(NC(=O)N2CCOCC3(CCC3)C2)cn1. The minimum atomic E-state index is -0.0808. The Kier molecular flexibility index (Phi) is 4.47. The van der Waals surface area contributed by atoms with Gasteiger partial charge in [-0.05, 0) is 25.8 Å². The maximum Gasteiger partial charge on any atom is 0.321 e. The fraction of sp³-hybridized carbons (Fsp3) is 0.625. The van der Waals surface area contributed by atoms with Crippen molar-refractivity contribution in [1.82, 2.24) is 9.88 Å². The third-order valence-electron chi connectivity index (χ3n) is 4.42. The van der Waals surface area contributed by atoms with Gasteiger partial charge >= 0.3 is 6.03 Å². The van der Waals surface area contributed by atoms with Gasteiger partial charge in [0.1, 0.15) is 0 Å². The maximum absolute atomic E-state index is 12.5. The second-order valence-electron chi connectivity index (χ2n) is 6.08. The van der Waals surface area contributed by atoms with Crippen LogP contribution in [0.5, 0.6) is 5.88 Å². The average Bonchev–Trinajstić information content (AvgIpc) is 2.72. The van der Waals surface area contributed by atoms with Gasteiger partial charge in [0.2, 0.25) is 5.88 Å². The molecule has 3 rings (SSSR count). The molecule has 120 valence electrons. The van der Waals surface area contributed by atoms with E-state index in [4.69, 9.17) is 9.47 Å². The summed E-state index contributed by atoms with van der Waals surface area (Å²) in [5.74, 6) is 0.567. The zero-order chi connectivity index (χ0) is 15.4. The summed E-state index contributed by atoms with van der Waals surface area (Å²) in [5, 5.41) is 2.91. The number of ether oxygens (including phenoxy) is 2. The predicted molar refractivity (Wildman–Crippen MR) is 83.1 cm³/mol. The minimum absolute atomic E-state index is 0.0808. The summed E-state index contributed by atoms with van der Waals surface area (Å²) in [7, 11) is 0. The molecule has 6 heteroatoms. The molecule has 0 aromatic carbocycles. The molecule has 6 nitrogen and oxygen atoms in total. The molecule has 22 heavy (non-hydrogen) atoms. The van der Waals surface area contributed by atoms with Gasteiger partial charge in [-0.2, -0.15) is 0 Å². The van der Waals surface area contributed by atoms with Gasteiger partial charge in [-0.3, -0.25) is 0 Å². The van der Waals surface area contributed by atoms with Crippen molar-refractivity contribution in [1.29, 1.82) is 0 Å². The number of carbonyl (C=O) groups is 1. The Morgan fingerprint density at radius 1 is 1.50 bits per heavy atom. The third-order valence-corrected chi connectivity index (χ3v) is 4.42. The van der Waals surface area contributed by atoms with Crippen LogP contribution in [-0.2, 0) is 4.74 Å². The number of pyridine rings is 1. The van der Waals surface area contributed by atoms with Crippen LogP contribution in [0.15, 0.2) is 18.3 Å². The number of nitrogens with one attached hydrogen (secondary N) is 1. The maximum atomic E-state index is 12.5. The Morgan fingerprint density at radius 3 is 3.00 bits per heavy atom. The molecule has 1 aromatic rings. The zero-order valence-corrected chi connectivity index (χ0v) is 13.0. The van der Waals surface area contributed by atoms with E-state index in [1.54, 1.807) is 12.3 Å². The van der Waals surface area contributed by atoms with Gasteiger partial charge in [0.15, 0.2) is 0 Å². The van der Waals surface area contributed by atoms with Crippen molar-refractivity contribution in [2.75, 3.05) is 38.2 Å². The standard InChI is InChI=1S/C16H23N3O3/c1-2-22-14-5-4-13(10-17-14)18-15(20)19-8-9-21-12-16(11-19)6-3-7-16/h4-5,10H,2-3,6-9,11-12H2,1H3,(H,18,20). The summed E-state index contributed by atoms with van der Waals surface area (Å²) < 4.78 is 11.0. The Hall–Kier alpha value is -1.82. The van der Waals surface area contributed by atoms with E-state index in [1.807, 2.05) is 17.9 Å². The molecule has 2 aliphatic rings. The lowest BCUT2D eigenvalue weighted by atomic mass is 9.69. The molecule has 1 saturated heterocycles. The Bertz CT molecular complexity index is 514. The highest BCUT2D eigenvalue weighted by Gasteiger charge is 2.41. The van der Waals surface area contributed by atoms with Gasteiger partial charge in [0, 0.05) is 24.6 Å². The number of carbonyl (C=O) groups excluding carboxylic acids is 1. The molecule has 0 atom stereocenters. The van der Waals surface area contributed by atoms with Crippen LogP contribution >= 0.6 is 0 Å². The van der Waals surface area contributed by atoms with Gasteiger partial charge < -0.3 is 19.7 Å². The summed E-state index contributed by atoms with van der Waals surface area (Å²) in [6.07, 6.45) is 5.17. The van der Waals surface area contributed by atoms with Crippen molar-refractivity contribution in [3.8, 4) is 5.88 Å². The number of rotatable bonds is 3. The van der Waals surface area contributed by atoms with E-state index < -0.39 is 0 Å². The van der Waals surface area contributed by atoms with Crippen LogP contribution in [0.25, 0.3) is 0 Å². The van der Waals surface area contributed by atoms with E-state index in [2.05, 4.69) is 10.3 Å². The van der Waals surface area contributed by atoms with E-state index >= 15 is 0 Å². The van der Waals surface area contributed by atoms with Crippen LogP contribution in [0, 0.1) is 5.41 Å². The molecule has 0 unspecified atom stereocenters. The normalized spacial score (nSPS) is 20.1. The highest BCUT2D eigenvalue weighted by Crippen LogP contribution is 2.42. The number of aromatic nitrogens is 1. The second-order valence-corrected chi connectivity index (χ2v) is 6.08. The molecular weight excluding hydrogens is 282 g/mol. The molecule has 0 bridgehead atoms. The predicted octanol–water partition coefficient (Wildman–Crippen LogP) is 2.51. The Morgan fingerprint density at radius 2 is 2.36 bits per heavy atom. The van der Waals surface area contributed by atoms with Crippen LogP contribution in [0.3, 0.4) is 0 Å². The molecule has 1 aliphatic carbocycles. The van der Waals surface area contributed by atoms with E-state index in [9.17, 15) is 4.79 Å². The summed E-state index contributed by atoms with van der Waals surface area (Å²) in [5.41, 5.74) is 0.867. The monoisotopic (exact) mass is 305 g/mol. The number of nitrogens with zero attached hydrogens (tertiary/aromatic N) is 2. The Labute approximate surface area is 130 Å². The Balaban J connectivity index is 1.60. The van der Waals surface area contributed by atoms with Crippen LogP contribution in [-0.4, -0.2) is 48.8 Å². The molecule has 2 amide bonds. The number of anilines is 1. The third kappa shape index (κ3) is 3.32. The van der Waals surface area contributed by atoms with Gasteiger partial charge in [-0.15, -0.1) is 0 Å². The zero-order valence-electron chi connectivity index (χ0n) is 13.0. The first-order valence-electron chi connectivity index (χ1n) is 7.93. The topological polar surface area (TPSA) is 63.7 Å². The van der Waals surface area contributed by atoms with Crippen molar-refractivity contribution >= 4 is 11.7 Å². The first kappa shape index (κ1) is 15.1. The molecule has 1 saturated carbocycles. The van der Waals surface area contributed by atoms with Crippen LogP contribution in [0.1, 0.15) is 26.2 Å². The quantitative estimate of drug-likeness (QED) is 0.932. The lowest BCUT2D eigenvalue weighted by Crippen LogP contribution is -2.46. The van der Waals surface area contributed by atoms with Gasteiger partial charge in [0.25, 0.3) is 0 Å². The highest BCUT2D eigenvalue weighted by atomic mass is 16.5. The van der Waals surface area contributed by atoms with E-state index in [0.29, 0.717) is 31.3 Å². The minimum Gasteiger partial charge on any atom is -0.478 e. The average molecular weight is 305 g/mol. The fourth-order valence-electron chi connectivity index (χ4n) is 3.04. The number of urea groups is 1. The van der Waals surface area contributed by atoms with E-state index in [0.717, 1.165) is 26.0 Å². The van der Waals surface area contributed by atoms with E-state index in [1.165, 1.54) is 6.42 Å². The lowest BCUT2D eigenvalue weighted by molar-refractivity contribution is 0.0130. The number of hydrogen-bond donors (Lipinski definition) is 1. The molecule has 1 N–H and O–H groups in total. The lowest BCUT2D eigenvalue weighted by Gasteiger charge is -2.42. The summed E-state index contributed by atoms with van der Waals surface area (Å²) in [4.78, 5) is 18.5. The van der Waals surface area contributed by atoms with Crippen LogP contribution < -0.4 is 10.1 Å². The molecule has 1 aromatic heterocycles. The largest absolute Gasteiger partial charge is 0.478 e. The molecule has 1 spiro atoms. The van der Waals surface area contributed by atoms with Crippen molar-refractivity contribution < 1.29 is 14.3 Å². The first-order valence-corrected chi connectivity index (χ1v) is 7.93.